The summed E-state index contributed by atoms with van der Waals surface area (Å²) in [7, 11) is 4.12. The Morgan fingerprint density at radius 3 is 2.70 bits per heavy atom. The first-order valence-corrected chi connectivity index (χ1v) is 7.41. The number of hydrogen-bond acceptors (Lipinski definition) is 5. The van der Waals surface area contributed by atoms with Gasteiger partial charge < -0.3 is 19.9 Å². The van der Waals surface area contributed by atoms with Crippen LogP contribution in [0.1, 0.15) is 12.0 Å². The molecule has 0 radical (unpaired) electrons. The van der Waals surface area contributed by atoms with Gasteiger partial charge in [-0.05, 0) is 26.1 Å². The lowest BCUT2D eigenvalue weighted by Crippen LogP contribution is -2.44. The minimum absolute atomic E-state index is 0.725. The smallest absolute Gasteiger partial charge is 0.213 e. The molecule has 1 aromatic rings. The number of hydrogen-bond donors (Lipinski definition) is 1. The van der Waals surface area contributed by atoms with Crippen molar-refractivity contribution in [2.24, 2.45) is 0 Å². The van der Waals surface area contributed by atoms with Gasteiger partial charge in [0.05, 0.1) is 6.61 Å². The molecule has 1 saturated heterocycles. The molecule has 2 heterocycles. The molecule has 0 spiro atoms. The van der Waals surface area contributed by atoms with Crippen LogP contribution in [0.25, 0.3) is 0 Å². The molecule has 1 fully saturated rings. The van der Waals surface area contributed by atoms with E-state index >= 15 is 0 Å². The third-order valence-electron chi connectivity index (χ3n) is 3.64. The van der Waals surface area contributed by atoms with E-state index in [-0.39, 0.29) is 0 Å². The Hall–Kier alpha value is -1.17. The van der Waals surface area contributed by atoms with Crippen molar-refractivity contribution in [1.82, 2.24) is 20.1 Å². The van der Waals surface area contributed by atoms with Gasteiger partial charge in [0.15, 0.2) is 0 Å². The second-order valence-corrected chi connectivity index (χ2v) is 5.38. The van der Waals surface area contributed by atoms with Crippen molar-refractivity contribution in [3.8, 4) is 5.88 Å². The number of nitrogens with one attached hydrogen (secondary N) is 1. The first-order chi connectivity index (χ1) is 9.78. The minimum Gasteiger partial charge on any atom is -0.478 e. The van der Waals surface area contributed by atoms with Crippen LogP contribution in [0.3, 0.4) is 0 Å². The van der Waals surface area contributed by atoms with Gasteiger partial charge in [-0.1, -0.05) is 6.07 Å². The largest absolute Gasteiger partial charge is 0.478 e. The van der Waals surface area contributed by atoms with E-state index in [9.17, 15) is 0 Å². The molecule has 0 saturated carbocycles. The molecule has 0 aliphatic carbocycles. The minimum atomic E-state index is 0.725. The van der Waals surface area contributed by atoms with Gasteiger partial charge in [-0.15, -0.1) is 0 Å². The summed E-state index contributed by atoms with van der Waals surface area (Å²) in [5.74, 6) is 0.725. The zero-order chi connectivity index (χ0) is 14.2. The van der Waals surface area contributed by atoms with Crippen LogP contribution in [0.5, 0.6) is 5.88 Å². The van der Waals surface area contributed by atoms with Crippen molar-refractivity contribution >= 4 is 0 Å². The number of piperazine rings is 1. The molecule has 5 nitrogen and oxygen atoms in total. The van der Waals surface area contributed by atoms with Gasteiger partial charge in [0.1, 0.15) is 0 Å². The maximum atomic E-state index is 5.68. The summed E-state index contributed by atoms with van der Waals surface area (Å²) in [6.07, 6.45) is 2.93. The van der Waals surface area contributed by atoms with E-state index in [1.54, 1.807) is 0 Å². The fraction of sp³-hybridized carbons (Fsp3) is 0.667. The zero-order valence-electron chi connectivity index (χ0n) is 12.6. The Morgan fingerprint density at radius 1 is 1.25 bits per heavy atom. The highest BCUT2D eigenvalue weighted by Crippen LogP contribution is 2.08. The van der Waals surface area contributed by atoms with Crippen LogP contribution in [0.2, 0.25) is 0 Å². The van der Waals surface area contributed by atoms with Gasteiger partial charge in [0.25, 0.3) is 0 Å². The molecule has 0 unspecified atom stereocenters. The van der Waals surface area contributed by atoms with Crippen LogP contribution < -0.4 is 10.1 Å². The van der Waals surface area contributed by atoms with Crippen LogP contribution in [0.15, 0.2) is 18.3 Å². The van der Waals surface area contributed by atoms with E-state index in [2.05, 4.69) is 33.2 Å². The van der Waals surface area contributed by atoms with Crippen LogP contribution in [-0.4, -0.2) is 68.2 Å². The molecule has 0 bridgehead atoms. The molecular weight excluding hydrogens is 252 g/mol. The van der Waals surface area contributed by atoms with Crippen LogP contribution >= 0.6 is 0 Å². The van der Waals surface area contributed by atoms with Gasteiger partial charge in [-0.3, -0.25) is 0 Å². The molecule has 0 amide bonds. The van der Waals surface area contributed by atoms with Crippen LogP contribution in [0, 0.1) is 0 Å². The predicted octanol–water partition coefficient (Wildman–Crippen LogP) is 0.817. The third-order valence-corrected chi connectivity index (χ3v) is 3.64. The van der Waals surface area contributed by atoms with Gasteiger partial charge >= 0.3 is 0 Å². The fourth-order valence-corrected chi connectivity index (χ4v) is 2.34. The molecule has 0 atom stereocenters. The van der Waals surface area contributed by atoms with Gasteiger partial charge in [-0.2, -0.15) is 0 Å². The number of ether oxygens (including phenoxy) is 1. The molecule has 1 N–H and O–H groups in total. The molecule has 1 aliphatic heterocycles. The lowest BCUT2D eigenvalue weighted by Gasteiger charge is -2.32. The molecule has 112 valence electrons. The second-order valence-electron chi connectivity index (χ2n) is 5.38. The number of rotatable bonds is 7. The maximum Gasteiger partial charge on any atom is 0.213 e. The molecule has 2 rings (SSSR count). The summed E-state index contributed by atoms with van der Waals surface area (Å²) in [6, 6.07) is 4.00. The zero-order valence-corrected chi connectivity index (χ0v) is 12.6. The second kappa shape index (κ2) is 8.19. The Kier molecular flexibility index (Phi) is 6.24. The average molecular weight is 278 g/mol. The van der Waals surface area contributed by atoms with Crippen molar-refractivity contribution < 1.29 is 4.74 Å². The molecule has 0 aromatic carbocycles. The number of nitrogens with zero attached hydrogens (tertiary/aromatic N) is 3. The third kappa shape index (κ3) is 5.07. The van der Waals surface area contributed by atoms with Crippen molar-refractivity contribution in [3.63, 3.8) is 0 Å². The van der Waals surface area contributed by atoms with E-state index in [1.807, 2.05) is 19.3 Å². The Labute approximate surface area is 121 Å². The van der Waals surface area contributed by atoms with Crippen LogP contribution in [-0.2, 0) is 6.54 Å². The van der Waals surface area contributed by atoms with Gasteiger partial charge in [0, 0.05) is 51.5 Å². The standard InChI is InChI=1S/C15H26N4O/c1-16-12-14-4-5-15(17-13-14)20-11-3-6-19-9-7-18(2)8-10-19/h4-5,13,16H,3,6-12H2,1-2H3. The number of likely N-dealkylation sites (N-methyl/N-ethyl adjacent to an activating group) is 1. The molecule has 1 aliphatic rings. The quantitative estimate of drug-likeness (QED) is 0.748. The normalized spacial score (nSPS) is 17.3. The summed E-state index contributed by atoms with van der Waals surface area (Å²) in [5.41, 5.74) is 1.18. The highest BCUT2D eigenvalue weighted by Gasteiger charge is 2.12. The monoisotopic (exact) mass is 278 g/mol. The molecule has 20 heavy (non-hydrogen) atoms. The van der Waals surface area contributed by atoms with E-state index in [0.717, 1.165) is 32.0 Å². The summed E-state index contributed by atoms with van der Waals surface area (Å²) in [5, 5.41) is 3.11. The Morgan fingerprint density at radius 2 is 2.05 bits per heavy atom. The summed E-state index contributed by atoms with van der Waals surface area (Å²) in [4.78, 5) is 9.19. The first kappa shape index (κ1) is 15.2. The number of aromatic nitrogens is 1. The van der Waals surface area contributed by atoms with E-state index in [4.69, 9.17) is 4.74 Å². The highest BCUT2D eigenvalue weighted by molar-refractivity contribution is 5.17. The Balaban J connectivity index is 1.60. The average Bonchev–Trinajstić information content (AvgIpc) is 2.47. The van der Waals surface area contributed by atoms with E-state index in [1.165, 1.54) is 31.7 Å². The summed E-state index contributed by atoms with van der Waals surface area (Å²) in [6.45, 7) is 7.40. The molecular formula is C15H26N4O. The topological polar surface area (TPSA) is 40.6 Å². The summed E-state index contributed by atoms with van der Waals surface area (Å²) < 4.78 is 5.68. The lowest BCUT2D eigenvalue weighted by molar-refractivity contribution is 0.145. The van der Waals surface area contributed by atoms with Crippen molar-refractivity contribution in [1.29, 1.82) is 0 Å². The van der Waals surface area contributed by atoms with E-state index in [0.29, 0.717) is 0 Å². The maximum absolute atomic E-state index is 5.68. The van der Waals surface area contributed by atoms with Crippen molar-refractivity contribution in [2.45, 2.75) is 13.0 Å². The molecule has 1 aromatic heterocycles. The molecule has 5 heteroatoms. The fourth-order valence-electron chi connectivity index (χ4n) is 2.34. The van der Waals surface area contributed by atoms with Gasteiger partial charge in [0.2, 0.25) is 5.88 Å². The first-order valence-electron chi connectivity index (χ1n) is 7.41. The lowest BCUT2D eigenvalue weighted by atomic mass is 10.3. The summed E-state index contributed by atoms with van der Waals surface area (Å²) >= 11 is 0. The number of pyridine rings is 1. The van der Waals surface area contributed by atoms with Crippen LogP contribution in [0.4, 0.5) is 0 Å². The highest BCUT2D eigenvalue weighted by atomic mass is 16.5. The van der Waals surface area contributed by atoms with Crippen molar-refractivity contribution in [2.75, 3.05) is 53.4 Å². The Bertz CT molecular complexity index is 374. The van der Waals surface area contributed by atoms with Gasteiger partial charge in [-0.25, -0.2) is 4.98 Å². The van der Waals surface area contributed by atoms with E-state index < -0.39 is 0 Å². The SMILES string of the molecule is CNCc1ccc(OCCCN2CCN(C)CC2)nc1. The predicted molar refractivity (Wildman–Crippen MR) is 81.0 cm³/mol. The van der Waals surface area contributed by atoms with Crippen molar-refractivity contribution in [3.05, 3.63) is 23.9 Å².